The zero-order valence-corrected chi connectivity index (χ0v) is 25.4. The number of piperidine rings is 1. The molecule has 0 bridgehead atoms. The summed E-state index contributed by atoms with van der Waals surface area (Å²) >= 11 is 0. The summed E-state index contributed by atoms with van der Waals surface area (Å²) in [6, 6.07) is 6.12. The van der Waals surface area contributed by atoms with Gasteiger partial charge in [-0.1, -0.05) is 12.0 Å². The highest BCUT2D eigenvalue weighted by Crippen LogP contribution is 2.47. The van der Waals surface area contributed by atoms with E-state index >= 15 is 4.39 Å². The standard InChI is InChI=1S/C34H37F2N7O2/c1-3-23-26(35)6-5-21-15-22(37)16-24(27(21)23)29-28(36)30-25(17-39-29)31(43-12-4-7-33(2,44)18-43)41-32(40-30)45-20-34(8-9-34)19-42-13-10-38-11-14-42/h1,5-6,15-17,38,44H,4,7-14,18-20,37H2,2H3/t33-/m1/s1. The van der Waals surface area contributed by atoms with E-state index in [9.17, 15) is 9.50 Å². The molecule has 2 saturated heterocycles. The number of nitrogens with one attached hydrogen (secondary N) is 1. The number of nitrogen functional groups attached to an aromatic ring is 1. The van der Waals surface area contributed by atoms with Gasteiger partial charge in [0.2, 0.25) is 0 Å². The Balaban J connectivity index is 1.33. The third-order valence-electron chi connectivity index (χ3n) is 9.34. The first-order valence-electron chi connectivity index (χ1n) is 15.5. The van der Waals surface area contributed by atoms with Gasteiger partial charge in [0.25, 0.3) is 0 Å². The van der Waals surface area contributed by atoms with E-state index < -0.39 is 17.2 Å². The largest absolute Gasteiger partial charge is 0.463 e. The molecule has 0 spiro atoms. The minimum Gasteiger partial charge on any atom is -0.463 e. The number of hydrogen-bond acceptors (Lipinski definition) is 9. The van der Waals surface area contributed by atoms with Gasteiger partial charge in [-0.3, -0.25) is 4.98 Å². The summed E-state index contributed by atoms with van der Waals surface area (Å²) in [5.74, 6) is 1.55. The Morgan fingerprint density at radius 2 is 1.93 bits per heavy atom. The number of aromatic nitrogens is 3. The van der Waals surface area contributed by atoms with Crippen LogP contribution in [0.3, 0.4) is 0 Å². The third-order valence-corrected chi connectivity index (χ3v) is 9.34. The van der Waals surface area contributed by atoms with Crippen molar-refractivity contribution in [2.24, 2.45) is 5.41 Å². The van der Waals surface area contributed by atoms with Crippen molar-refractivity contribution in [1.82, 2.24) is 25.2 Å². The van der Waals surface area contributed by atoms with E-state index in [4.69, 9.17) is 21.9 Å². The van der Waals surface area contributed by atoms with E-state index in [0.717, 1.165) is 52.0 Å². The number of aliphatic hydroxyl groups is 1. The van der Waals surface area contributed by atoms with E-state index in [1.165, 1.54) is 12.3 Å². The first kappa shape index (κ1) is 29.6. The molecular formula is C34H37F2N7O2. The molecule has 7 rings (SSSR count). The predicted octanol–water partition coefficient (Wildman–Crippen LogP) is 4.10. The molecule has 3 fully saturated rings. The molecule has 1 saturated carbocycles. The van der Waals surface area contributed by atoms with Crippen molar-refractivity contribution >= 4 is 33.2 Å². The zero-order valence-electron chi connectivity index (χ0n) is 25.4. The highest BCUT2D eigenvalue weighted by molar-refractivity contribution is 6.03. The lowest BCUT2D eigenvalue weighted by Gasteiger charge is -2.38. The van der Waals surface area contributed by atoms with Crippen LogP contribution in [0.25, 0.3) is 32.9 Å². The van der Waals surface area contributed by atoms with Gasteiger partial charge in [0, 0.05) is 74.1 Å². The SMILES string of the molecule is C#Cc1c(F)ccc2cc(N)cc(-c3ncc4c(N5CCC[C@@](C)(O)C5)nc(OCC5(CN6CCNCC6)CC5)nc4c3F)c12. The summed E-state index contributed by atoms with van der Waals surface area (Å²) in [4.78, 5) is 18.3. The molecular weight excluding hydrogens is 576 g/mol. The monoisotopic (exact) mass is 613 g/mol. The van der Waals surface area contributed by atoms with Crippen molar-refractivity contribution < 1.29 is 18.6 Å². The van der Waals surface area contributed by atoms with Gasteiger partial charge >= 0.3 is 6.01 Å². The summed E-state index contributed by atoms with van der Waals surface area (Å²) in [5, 5.41) is 15.6. The number of rotatable bonds is 7. The Kier molecular flexibility index (Phi) is 7.47. The Labute approximate surface area is 260 Å². The normalized spacial score (nSPS) is 21.6. The molecule has 3 aliphatic rings. The van der Waals surface area contributed by atoms with Crippen LogP contribution in [0.2, 0.25) is 0 Å². The van der Waals surface area contributed by atoms with Gasteiger partial charge in [0.1, 0.15) is 22.8 Å². The van der Waals surface area contributed by atoms with Crippen LogP contribution in [0.1, 0.15) is 38.2 Å². The summed E-state index contributed by atoms with van der Waals surface area (Å²) in [6.45, 7) is 8.03. The second-order valence-electron chi connectivity index (χ2n) is 13.1. The average Bonchev–Trinajstić information content (AvgIpc) is 3.79. The smallest absolute Gasteiger partial charge is 0.319 e. The summed E-state index contributed by atoms with van der Waals surface area (Å²) in [7, 11) is 0. The fourth-order valence-corrected chi connectivity index (χ4v) is 6.79. The Morgan fingerprint density at radius 3 is 2.67 bits per heavy atom. The number of ether oxygens (including phenoxy) is 1. The number of anilines is 2. The number of β-amino-alcohol motifs (C(OH)–C–C–N with tert-alkyl or cyclic N) is 1. The lowest BCUT2D eigenvalue weighted by molar-refractivity contribution is 0.0447. The van der Waals surface area contributed by atoms with Crippen molar-refractivity contribution in [1.29, 1.82) is 0 Å². The summed E-state index contributed by atoms with van der Waals surface area (Å²) < 4.78 is 37.8. The lowest BCUT2D eigenvalue weighted by atomic mass is 9.94. The zero-order chi connectivity index (χ0) is 31.3. The second-order valence-corrected chi connectivity index (χ2v) is 13.1. The van der Waals surface area contributed by atoms with Crippen LogP contribution in [0.4, 0.5) is 20.3 Å². The predicted molar refractivity (Wildman–Crippen MR) is 171 cm³/mol. The minimum atomic E-state index is -0.931. The fourth-order valence-electron chi connectivity index (χ4n) is 6.79. The molecule has 4 heterocycles. The number of fused-ring (bicyclic) bond motifs is 2. The maximum absolute atomic E-state index is 16.8. The Bertz CT molecular complexity index is 1830. The van der Waals surface area contributed by atoms with Crippen LogP contribution >= 0.6 is 0 Å². The van der Waals surface area contributed by atoms with Gasteiger partial charge in [-0.2, -0.15) is 9.97 Å². The van der Waals surface area contributed by atoms with Crippen molar-refractivity contribution in [2.45, 2.75) is 38.2 Å². The number of nitrogens with two attached hydrogens (primary N) is 1. The molecule has 1 atom stereocenters. The van der Waals surface area contributed by atoms with Gasteiger partial charge in [-0.05, 0) is 56.2 Å². The van der Waals surface area contributed by atoms with Gasteiger partial charge in [0.15, 0.2) is 5.82 Å². The van der Waals surface area contributed by atoms with E-state index in [-0.39, 0.29) is 33.8 Å². The van der Waals surface area contributed by atoms with Gasteiger partial charge < -0.3 is 30.7 Å². The number of nitrogens with zero attached hydrogens (tertiary/aromatic N) is 5. The summed E-state index contributed by atoms with van der Waals surface area (Å²) in [6.07, 6.45) is 10.7. The van der Waals surface area contributed by atoms with Crippen LogP contribution in [0.5, 0.6) is 6.01 Å². The molecule has 11 heteroatoms. The van der Waals surface area contributed by atoms with Gasteiger partial charge in [-0.15, -0.1) is 6.42 Å². The van der Waals surface area contributed by atoms with Crippen LogP contribution in [-0.2, 0) is 0 Å². The molecule has 4 N–H and O–H groups in total. The van der Waals surface area contributed by atoms with Crippen LogP contribution < -0.4 is 20.7 Å². The van der Waals surface area contributed by atoms with E-state index in [2.05, 4.69) is 26.1 Å². The van der Waals surface area contributed by atoms with Crippen LogP contribution in [0, 0.1) is 29.4 Å². The maximum atomic E-state index is 16.8. The number of pyridine rings is 1. The third kappa shape index (κ3) is 5.74. The molecule has 234 valence electrons. The van der Waals surface area contributed by atoms with E-state index in [1.54, 1.807) is 25.1 Å². The minimum absolute atomic E-state index is 0.00552. The van der Waals surface area contributed by atoms with Crippen molar-refractivity contribution in [2.75, 3.05) is 63.1 Å². The molecule has 0 unspecified atom stereocenters. The molecule has 9 nitrogen and oxygen atoms in total. The Hall–Kier alpha value is -4.11. The molecule has 4 aromatic rings. The maximum Gasteiger partial charge on any atom is 0.319 e. The molecule has 2 aliphatic heterocycles. The van der Waals surface area contributed by atoms with E-state index in [0.29, 0.717) is 53.8 Å². The quantitative estimate of drug-likeness (QED) is 0.210. The molecule has 45 heavy (non-hydrogen) atoms. The highest BCUT2D eigenvalue weighted by atomic mass is 19.1. The molecule has 2 aromatic heterocycles. The number of halogens is 2. The molecule has 2 aromatic carbocycles. The Morgan fingerprint density at radius 1 is 1.13 bits per heavy atom. The highest BCUT2D eigenvalue weighted by Gasteiger charge is 2.45. The number of piperazine rings is 1. The fraction of sp³-hybridized carbons (Fsp3) is 0.441. The van der Waals surface area contributed by atoms with Gasteiger partial charge in [-0.25, -0.2) is 8.78 Å². The molecule has 0 radical (unpaired) electrons. The van der Waals surface area contributed by atoms with Crippen molar-refractivity contribution in [3.8, 4) is 29.6 Å². The number of hydrogen-bond donors (Lipinski definition) is 3. The lowest BCUT2D eigenvalue weighted by Crippen LogP contribution is -2.46. The van der Waals surface area contributed by atoms with E-state index in [1.807, 2.05) is 4.90 Å². The topological polar surface area (TPSA) is 113 Å². The van der Waals surface area contributed by atoms with Crippen LogP contribution in [0.15, 0.2) is 30.5 Å². The first-order valence-corrected chi connectivity index (χ1v) is 15.5. The summed E-state index contributed by atoms with van der Waals surface area (Å²) in [5.41, 5.74) is 5.89. The number of terminal acetylenes is 1. The average molecular weight is 614 g/mol. The first-order chi connectivity index (χ1) is 21.7. The second kappa shape index (κ2) is 11.4. The number of benzene rings is 2. The van der Waals surface area contributed by atoms with Crippen molar-refractivity contribution in [3.05, 3.63) is 47.7 Å². The molecule has 0 amide bonds. The van der Waals surface area contributed by atoms with Gasteiger partial charge in [0.05, 0.1) is 23.2 Å². The van der Waals surface area contributed by atoms with Crippen molar-refractivity contribution in [3.63, 3.8) is 0 Å². The molecule has 1 aliphatic carbocycles. The van der Waals surface area contributed by atoms with Crippen LogP contribution in [-0.4, -0.2) is 83.0 Å².